The molecule has 7 heteroatoms. The molecule has 2 N–H and O–H groups in total. The molecular formula is C23H23ClN4O2. The maximum absolute atomic E-state index is 11.6. The molecule has 30 heavy (non-hydrogen) atoms. The van der Waals surface area contributed by atoms with Crippen LogP contribution in [0.5, 0.6) is 0 Å². The van der Waals surface area contributed by atoms with Crippen molar-refractivity contribution in [2.45, 2.75) is 38.4 Å². The van der Waals surface area contributed by atoms with Crippen LogP contribution in [-0.4, -0.2) is 26.0 Å². The summed E-state index contributed by atoms with van der Waals surface area (Å²) >= 11 is 6.41. The number of amides is 1. The maximum atomic E-state index is 11.6. The van der Waals surface area contributed by atoms with E-state index in [1.807, 2.05) is 36.5 Å². The number of hydrogen-bond donors (Lipinski definition) is 2. The Labute approximate surface area is 180 Å². The van der Waals surface area contributed by atoms with Crippen LogP contribution >= 0.6 is 11.6 Å². The molecule has 0 fully saturated rings. The number of nitrogens with zero attached hydrogens (tertiary/aromatic N) is 3. The topological polar surface area (TPSA) is 78.4 Å². The number of pyridine rings is 2. The second-order valence-electron chi connectivity index (χ2n) is 7.43. The lowest BCUT2D eigenvalue weighted by atomic mass is 9.90. The molecule has 1 amide bonds. The van der Waals surface area contributed by atoms with Gasteiger partial charge in [-0.15, -0.1) is 0 Å². The van der Waals surface area contributed by atoms with Crippen LogP contribution in [-0.2, 0) is 19.5 Å². The largest absolute Gasteiger partial charge is 0.288 e. The number of rotatable bonds is 6. The smallest absolute Gasteiger partial charge is 0.274 e. The lowest BCUT2D eigenvalue weighted by Crippen LogP contribution is -2.32. The average Bonchev–Trinajstić information content (AvgIpc) is 2.79. The number of benzene rings is 1. The summed E-state index contributed by atoms with van der Waals surface area (Å²) in [5, 5.41) is 9.47. The number of aromatic nitrogens is 2. The summed E-state index contributed by atoms with van der Waals surface area (Å²) in [6.07, 6.45) is 6.77. The molecular weight excluding hydrogens is 400 g/mol. The van der Waals surface area contributed by atoms with Crippen molar-refractivity contribution in [1.82, 2.24) is 20.3 Å². The Balaban J connectivity index is 1.64. The van der Waals surface area contributed by atoms with Gasteiger partial charge in [0.1, 0.15) is 0 Å². The van der Waals surface area contributed by atoms with Crippen LogP contribution in [0, 0.1) is 0 Å². The van der Waals surface area contributed by atoms with Crippen molar-refractivity contribution in [3.8, 4) is 0 Å². The van der Waals surface area contributed by atoms with Gasteiger partial charge in [0, 0.05) is 31.0 Å². The van der Waals surface area contributed by atoms with Gasteiger partial charge in [0.05, 0.1) is 22.5 Å². The zero-order valence-corrected chi connectivity index (χ0v) is 17.2. The van der Waals surface area contributed by atoms with E-state index in [1.165, 1.54) is 5.56 Å². The van der Waals surface area contributed by atoms with Gasteiger partial charge in [0.25, 0.3) is 5.91 Å². The second kappa shape index (κ2) is 9.34. The van der Waals surface area contributed by atoms with E-state index in [0.29, 0.717) is 23.7 Å². The molecule has 0 saturated carbocycles. The summed E-state index contributed by atoms with van der Waals surface area (Å²) in [6.45, 7) is 1.26. The van der Waals surface area contributed by atoms with Crippen LogP contribution < -0.4 is 5.48 Å². The van der Waals surface area contributed by atoms with E-state index >= 15 is 0 Å². The zero-order chi connectivity index (χ0) is 20.9. The third-order valence-electron chi connectivity index (χ3n) is 5.50. The molecule has 1 aromatic carbocycles. The third kappa shape index (κ3) is 4.51. The standard InChI is InChI=1S/C23H23ClN4O2/c24-19-6-3-12-25-20(19)15-28(14-16-8-10-18(11-9-16)23(29)27-30)21-7-1-4-17-5-2-13-26-22(17)21/h2-3,5-6,8-13,21,30H,1,4,7,14-15H2,(H,27,29)/t21-/m0/s1. The van der Waals surface area contributed by atoms with Crippen LogP contribution in [0.4, 0.5) is 0 Å². The van der Waals surface area contributed by atoms with Gasteiger partial charge >= 0.3 is 0 Å². The fourth-order valence-electron chi connectivity index (χ4n) is 4.00. The number of carbonyl (C=O) groups excluding carboxylic acids is 1. The van der Waals surface area contributed by atoms with Gasteiger partial charge in [-0.05, 0) is 60.7 Å². The highest BCUT2D eigenvalue weighted by atomic mass is 35.5. The first-order chi connectivity index (χ1) is 14.7. The summed E-state index contributed by atoms with van der Waals surface area (Å²) in [5.74, 6) is -0.524. The molecule has 154 valence electrons. The Hall–Kier alpha value is -2.80. The minimum Gasteiger partial charge on any atom is -0.288 e. The van der Waals surface area contributed by atoms with E-state index in [2.05, 4.69) is 16.0 Å². The van der Waals surface area contributed by atoms with Gasteiger partial charge < -0.3 is 0 Å². The Kier molecular flexibility index (Phi) is 6.38. The molecule has 2 heterocycles. The molecule has 6 nitrogen and oxygen atoms in total. The fraction of sp³-hybridized carbons (Fsp3) is 0.261. The summed E-state index contributed by atoms with van der Waals surface area (Å²) in [5.41, 5.74) is 6.37. The minimum absolute atomic E-state index is 0.161. The Morgan fingerprint density at radius 1 is 1.10 bits per heavy atom. The van der Waals surface area contributed by atoms with E-state index in [1.54, 1.807) is 23.8 Å². The summed E-state index contributed by atoms with van der Waals surface area (Å²) < 4.78 is 0. The molecule has 0 saturated heterocycles. The van der Waals surface area contributed by atoms with Gasteiger partial charge in [-0.25, -0.2) is 5.48 Å². The number of nitrogens with one attached hydrogen (secondary N) is 1. The first-order valence-corrected chi connectivity index (χ1v) is 10.3. The molecule has 1 aliphatic rings. The Bertz CT molecular complexity index is 1030. The van der Waals surface area contributed by atoms with E-state index in [9.17, 15) is 4.79 Å². The molecule has 3 aromatic rings. The van der Waals surface area contributed by atoms with Crippen LogP contribution in [0.1, 0.15) is 51.8 Å². The van der Waals surface area contributed by atoms with Crippen molar-refractivity contribution in [3.63, 3.8) is 0 Å². The van der Waals surface area contributed by atoms with Crippen molar-refractivity contribution in [1.29, 1.82) is 0 Å². The molecule has 0 aliphatic heterocycles. The predicted molar refractivity (Wildman–Crippen MR) is 114 cm³/mol. The number of fused-ring (bicyclic) bond motifs is 1. The Morgan fingerprint density at radius 3 is 2.63 bits per heavy atom. The highest BCUT2D eigenvalue weighted by Gasteiger charge is 2.28. The molecule has 1 atom stereocenters. The van der Waals surface area contributed by atoms with Crippen LogP contribution in [0.2, 0.25) is 5.02 Å². The normalized spacial score (nSPS) is 15.6. The molecule has 4 rings (SSSR count). The highest BCUT2D eigenvalue weighted by molar-refractivity contribution is 6.31. The van der Waals surface area contributed by atoms with Gasteiger partial charge in [-0.1, -0.05) is 29.8 Å². The first kappa shape index (κ1) is 20.5. The molecule has 0 radical (unpaired) electrons. The lowest BCUT2D eigenvalue weighted by molar-refractivity contribution is 0.0706. The SMILES string of the molecule is O=C(NO)c1ccc(CN(Cc2ncccc2Cl)[C@H]2CCCc3cccnc32)cc1. The van der Waals surface area contributed by atoms with E-state index in [-0.39, 0.29) is 6.04 Å². The number of halogens is 1. The average molecular weight is 423 g/mol. The molecule has 2 aromatic heterocycles. The molecule has 0 spiro atoms. The van der Waals surface area contributed by atoms with Crippen LogP contribution in [0.15, 0.2) is 60.9 Å². The fourth-order valence-corrected chi connectivity index (χ4v) is 4.19. The van der Waals surface area contributed by atoms with Crippen LogP contribution in [0.25, 0.3) is 0 Å². The van der Waals surface area contributed by atoms with E-state index in [0.717, 1.165) is 36.2 Å². The summed E-state index contributed by atoms with van der Waals surface area (Å²) in [6, 6.07) is 15.2. The van der Waals surface area contributed by atoms with Gasteiger partial charge in [-0.3, -0.25) is 24.9 Å². The number of hydrogen-bond acceptors (Lipinski definition) is 5. The van der Waals surface area contributed by atoms with Gasteiger partial charge in [-0.2, -0.15) is 0 Å². The molecule has 0 unspecified atom stereocenters. The molecule has 0 bridgehead atoms. The Morgan fingerprint density at radius 2 is 1.87 bits per heavy atom. The molecule has 1 aliphatic carbocycles. The van der Waals surface area contributed by atoms with Crippen molar-refractivity contribution in [2.75, 3.05) is 0 Å². The van der Waals surface area contributed by atoms with Crippen LogP contribution in [0.3, 0.4) is 0 Å². The van der Waals surface area contributed by atoms with Gasteiger partial charge in [0.2, 0.25) is 0 Å². The maximum Gasteiger partial charge on any atom is 0.274 e. The van der Waals surface area contributed by atoms with Crippen molar-refractivity contribution in [2.24, 2.45) is 0 Å². The summed E-state index contributed by atoms with van der Waals surface area (Å²) in [4.78, 5) is 23.1. The van der Waals surface area contributed by atoms with Gasteiger partial charge in [0.15, 0.2) is 0 Å². The first-order valence-electron chi connectivity index (χ1n) is 9.96. The quantitative estimate of drug-likeness (QED) is 0.456. The minimum atomic E-state index is -0.524. The third-order valence-corrected chi connectivity index (χ3v) is 5.84. The predicted octanol–water partition coefficient (Wildman–Crippen LogP) is 4.33. The summed E-state index contributed by atoms with van der Waals surface area (Å²) in [7, 11) is 0. The van der Waals surface area contributed by atoms with E-state index < -0.39 is 5.91 Å². The van der Waals surface area contributed by atoms with Crippen molar-refractivity contribution >= 4 is 17.5 Å². The lowest BCUT2D eigenvalue weighted by Gasteiger charge is -2.35. The monoisotopic (exact) mass is 422 g/mol. The number of carbonyl (C=O) groups is 1. The number of hydroxylamine groups is 1. The second-order valence-corrected chi connectivity index (χ2v) is 7.84. The highest BCUT2D eigenvalue weighted by Crippen LogP contribution is 2.35. The van der Waals surface area contributed by atoms with E-state index in [4.69, 9.17) is 21.8 Å². The van der Waals surface area contributed by atoms with Crippen molar-refractivity contribution in [3.05, 3.63) is 94.0 Å². The number of aryl methyl sites for hydroxylation is 1. The zero-order valence-electron chi connectivity index (χ0n) is 16.5. The van der Waals surface area contributed by atoms with Crippen molar-refractivity contribution < 1.29 is 10.0 Å².